The molecule has 2 heterocycles. The van der Waals surface area contributed by atoms with Gasteiger partial charge in [0.1, 0.15) is 10.9 Å². The molecule has 0 aliphatic carbocycles. The van der Waals surface area contributed by atoms with Crippen molar-refractivity contribution in [3.8, 4) is 0 Å². The fraction of sp³-hybridized carbons (Fsp3) is 0.467. The van der Waals surface area contributed by atoms with E-state index in [4.69, 9.17) is 9.47 Å². The van der Waals surface area contributed by atoms with Crippen LogP contribution in [0.1, 0.15) is 44.1 Å². The molecule has 8 heteroatoms. The number of rotatable bonds is 5. The van der Waals surface area contributed by atoms with Crippen LogP contribution in [0.3, 0.4) is 0 Å². The van der Waals surface area contributed by atoms with Crippen LogP contribution >= 0.6 is 11.3 Å². The molecule has 0 N–H and O–H groups in total. The zero-order chi connectivity index (χ0) is 17.1. The molecule has 1 atom stereocenters. The summed E-state index contributed by atoms with van der Waals surface area (Å²) in [5.41, 5.74) is -0.296. The summed E-state index contributed by atoms with van der Waals surface area (Å²) in [5, 5.41) is 1.71. The number of hydrogen-bond acceptors (Lipinski definition) is 7. The summed E-state index contributed by atoms with van der Waals surface area (Å²) in [4.78, 5) is 41.2. The van der Waals surface area contributed by atoms with E-state index >= 15 is 0 Å². The molecule has 2 aromatic heterocycles. The zero-order valence-electron chi connectivity index (χ0n) is 13.4. The predicted octanol–water partition coefficient (Wildman–Crippen LogP) is 2.15. The lowest BCUT2D eigenvalue weighted by Gasteiger charge is -2.15. The Labute approximate surface area is 136 Å². The van der Waals surface area contributed by atoms with Crippen molar-refractivity contribution in [1.29, 1.82) is 0 Å². The SMILES string of the molecule is CCOC(=O)c1csc2ncn(C(C)C(=O)OC(C)C)c(=O)c12. The van der Waals surface area contributed by atoms with Crippen LogP contribution in [-0.2, 0) is 14.3 Å². The van der Waals surface area contributed by atoms with Gasteiger partial charge in [0.2, 0.25) is 0 Å². The third-order valence-electron chi connectivity index (χ3n) is 3.12. The maximum atomic E-state index is 12.7. The summed E-state index contributed by atoms with van der Waals surface area (Å²) in [7, 11) is 0. The molecule has 0 radical (unpaired) electrons. The minimum atomic E-state index is -0.836. The molecule has 1 unspecified atom stereocenters. The molecule has 0 aliphatic rings. The lowest BCUT2D eigenvalue weighted by atomic mass is 10.2. The number of fused-ring (bicyclic) bond motifs is 1. The fourth-order valence-corrected chi connectivity index (χ4v) is 2.89. The van der Waals surface area contributed by atoms with Gasteiger partial charge >= 0.3 is 11.9 Å². The molecular formula is C15H18N2O5S. The lowest BCUT2D eigenvalue weighted by Crippen LogP contribution is -2.31. The number of carbonyl (C=O) groups is 2. The average molecular weight is 338 g/mol. The normalized spacial score (nSPS) is 12.4. The molecule has 0 spiro atoms. The first-order valence-electron chi connectivity index (χ1n) is 7.22. The van der Waals surface area contributed by atoms with Crippen molar-refractivity contribution in [1.82, 2.24) is 9.55 Å². The van der Waals surface area contributed by atoms with Gasteiger partial charge in [-0.2, -0.15) is 0 Å². The van der Waals surface area contributed by atoms with E-state index in [1.807, 2.05) is 0 Å². The Morgan fingerprint density at radius 3 is 2.65 bits per heavy atom. The van der Waals surface area contributed by atoms with Crippen LogP contribution in [0.5, 0.6) is 0 Å². The predicted molar refractivity (Wildman–Crippen MR) is 85.8 cm³/mol. The molecule has 0 aliphatic heterocycles. The Morgan fingerprint density at radius 1 is 1.35 bits per heavy atom. The molecule has 2 rings (SSSR count). The zero-order valence-corrected chi connectivity index (χ0v) is 14.2. The van der Waals surface area contributed by atoms with Gasteiger partial charge in [0.15, 0.2) is 0 Å². The van der Waals surface area contributed by atoms with Crippen molar-refractivity contribution >= 4 is 33.5 Å². The van der Waals surface area contributed by atoms with E-state index in [0.29, 0.717) is 4.83 Å². The summed E-state index contributed by atoms with van der Waals surface area (Å²) in [5.74, 6) is -1.11. The minimum Gasteiger partial charge on any atom is -0.462 e. The highest BCUT2D eigenvalue weighted by Gasteiger charge is 2.23. The topological polar surface area (TPSA) is 87.5 Å². The molecule has 0 saturated carbocycles. The first kappa shape index (κ1) is 17.1. The van der Waals surface area contributed by atoms with Crippen LogP contribution in [0.25, 0.3) is 10.2 Å². The molecular weight excluding hydrogens is 320 g/mol. The first-order valence-corrected chi connectivity index (χ1v) is 8.10. The van der Waals surface area contributed by atoms with E-state index in [0.717, 1.165) is 0 Å². The Kier molecular flexibility index (Phi) is 5.15. The van der Waals surface area contributed by atoms with Crippen LogP contribution in [0.4, 0.5) is 0 Å². The highest BCUT2D eigenvalue weighted by molar-refractivity contribution is 7.17. The van der Waals surface area contributed by atoms with Gasteiger partial charge in [0.05, 0.1) is 30.0 Å². The second-order valence-corrected chi connectivity index (χ2v) is 6.03. The van der Waals surface area contributed by atoms with Crippen molar-refractivity contribution < 1.29 is 19.1 Å². The largest absolute Gasteiger partial charge is 0.462 e. The number of carbonyl (C=O) groups excluding carboxylic acids is 2. The molecule has 124 valence electrons. The average Bonchev–Trinajstić information content (AvgIpc) is 2.91. The van der Waals surface area contributed by atoms with E-state index in [2.05, 4.69) is 4.98 Å². The number of hydrogen-bond donors (Lipinski definition) is 0. The van der Waals surface area contributed by atoms with E-state index in [1.54, 1.807) is 33.1 Å². The number of ether oxygens (including phenoxy) is 2. The lowest BCUT2D eigenvalue weighted by molar-refractivity contribution is -0.151. The van der Waals surface area contributed by atoms with Gasteiger partial charge in [-0.25, -0.2) is 14.6 Å². The van der Waals surface area contributed by atoms with Crippen molar-refractivity contribution in [2.24, 2.45) is 0 Å². The third kappa shape index (κ3) is 3.42. The summed E-state index contributed by atoms with van der Waals surface area (Å²) in [6, 6.07) is -0.836. The van der Waals surface area contributed by atoms with E-state index < -0.39 is 23.5 Å². The Hall–Kier alpha value is -2.22. The summed E-state index contributed by atoms with van der Waals surface area (Å²) in [6.07, 6.45) is 1.01. The van der Waals surface area contributed by atoms with Crippen molar-refractivity contribution in [3.05, 3.63) is 27.6 Å². The van der Waals surface area contributed by atoms with Gasteiger partial charge in [-0.1, -0.05) is 0 Å². The van der Waals surface area contributed by atoms with Crippen molar-refractivity contribution in [2.75, 3.05) is 6.61 Å². The van der Waals surface area contributed by atoms with E-state index in [1.165, 1.54) is 22.2 Å². The second-order valence-electron chi connectivity index (χ2n) is 5.17. The van der Waals surface area contributed by atoms with Gasteiger partial charge < -0.3 is 9.47 Å². The van der Waals surface area contributed by atoms with Crippen LogP contribution < -0.4 is 5.56 Å². The maximum Gasteiger partial charge on any atom is 0.339 e. The van der Waals surface area contributed by atoms with Crippen molar-refractivity contribution in [3.63, 3.8) is 0 Å². The number of nitrogens with zero attached hydrogens (tertiary/aromatic N) is 2. The number of esters is 2. The quantitative estimate of drug-likeness (QED) is 0.776. The van der Waals surface area contributed by atoms with Crippen LogP contribution in [0.15, 0.2) is 16.5 Å². The van der Waals surface area contributed by atoms with Gasteiger partial charge in [-0.3, -0.25) is 9.36 Å². The standard InChI is InChI=1S/C15H18N2O5S/c1-5-21-15(20)10-6-23-12-11(10)13(18)17(7-16-12)9(4)14(19)22-8(2)3/h6-9H,5H2,1-4H3. The van der Waals surface area contributed by atoms with E-state index in [9.17, 15) is 14.4 Å². The summed E-state index contributed by atoms with van der Waals surface area (Å²) in [6.45, 7) is 6.91. The molecule has 0 aromatic carbocycles. The van der Waals surface area contributed by atoms with Gasteiger partial charge in [0, 0.05) is 5.38 Å². The Morgan fingerprint density at radius 2 is 2.04 bits per heavy atom. The van der Waals surface area contributed by atoms with Gasteiger partial charge in [-0.05, 0) is 27.7 Å². The van der Waals surface area contributed by atoms with Crippen molar-refractivity contribution in [2.45, 2.75) is 39.8 Å². The molecule has 0 amide bonds. The minimum absolute atomic E-state index is 0.167. The monoisotopic (exact) mass is 338 g/mol. The highest BCUT2D eigenvalue weighted by Crippen LogP contribution is 2.22. The van der Waals surface area contributed by atoms with Gasteiger partial charge in [-0.15, -0.1) is 11.3 Å². The van der Waals surface area contributed by atoms with Crippen LogP contribution in [-0.4, -0.2) is 34.2 Å². The first-order chi connectivity index (χ1) is 10.9. The molecule has 7 nitrogen and oxygen atoms in total. The summed E-state index contributed by atoms with van der Waals surface area (Å²) < 4.78 is 11.2. The fourth-order valence-electron chi connectivity index (χ4n) is 2.02. The maximum absolute atomic E-state index is 12.7. The van der Waals surface area contributed by atoms with Gasteiger partial charge in [0.25, 0.3) is 5.56 Å². The smallest absolute Gasteiger partial charge is 0.339 e. The highest BCUT2D eigenvalue weighted by atomic mass is 32.1. The third-order valence-corrected chi connectivity index (χ3v) is 4.01. The van der Waals surface area contributed by atoms with Crippen LogP contribution in [0.2, 0.25) is 0 Å². The summed E-state index contributed by atoms with van der Waals surface area (Å²) >= 11 is 1.18. The molecule has 0 fully saturated rings. The van der Waals surface area contributed by atoms with E-state index in [-0.39, 0.29) is 23.7 Å². The Bertz CT molecular complexity index is 793. The number of aromatic nitrogens is 2. The van der Waals surface area contributed by atoms with Crippen LogP contribution in [0, 0.1) is 0 Å². The number of thiophene rings is 1. The molecule has 0 bridgehead atoms. The molecule has 0 saturated heterocycles. The molecule has 2 aromatic rings. The Balaban J connectivity index is 2.49. The second kappa shape index (κ2) is 6.91. The molecule has 23 heavy (non-hydrogen) atoms.